The number of carboxylic acids is 1. The van der Waals surface area contributed by atoms with Gasteiger partial charge in [-0.2, -0.15) is 0 Å². The molecule has 0 spiro atoms. The molecule has 1 aromatic heterocycles. The molecule has 0 aliphatic carbocycles. The molecule has 1 heterocycles. The molecule has 9 heteroatoms. The van der Waals surface area contributed by atoms with Crippen molar-refractivity contribution in [2.75, 3.05) is 13.7 Å². The van der Waals surface area contributed by atoms with Crippen LogP contribution in [-0.2, 0) is 11.3 Å². The molecule has 0 unspecified atom stereocenters. The summed E-state index contributed by atoms with van der Waals surface area (Å²) in [6.45, 7) is 9.12. The monoisotopic (exact) mass is 524 g/mol. The predicted octanol–water partition coefficient (Wildman–Crippen LogP) is 5.16. The number of nitrogens with zero attached hydrogens (tertiary/aromatic N) is 2. The van der Waals surface area contributed by atoms with Crippen molar-refractivity contribution < 1.29 is 33.7 Å². The van der Waals surface area contributed by atoms with Crippen LogP contribution in [0.5, 0.6) is 11.6 Å². The molecule has 0 radical (unpaired) electrons. The van der Waals surface area contributed by atoms with E-state index < -0.39 is 30.3 Å². The summed E-state index contributed by atoms with van der Waals surface area (Å²) in [6, 6.07) is 11.3. The van der Waals surface area contributed by atoms with Crippen LogP contribution < -0.4 is 9.47 Å². The van der Waals surface area contributed by atoms with Gasteiger partial charge in [0.15, 0.2) is 0 Å². The lowest BCUT2D eigenvalue weighted by Crippen LogP contribution is -2.30. The van der Waals surface area contributed by atoms with E-state index in [9.17, 15) is 19.1 Å². The lowest BCUT2D eigenvalue weighted by molar-refractivity contribution is -0.139. The van der Waals surface area contributed by atoms with E-state index in [4.69, 9.17) is 14.6 Å². The first kappa shape index (κ1) is 28.7. The van der Waals surface area contributed by atoms with Crippen LogP contribution in [-0.4, -0.2) is 51.7 Å². The highest BCUT2D eigenvalue weighted by Gasteiger charge is 2.21. The van der Waals surface area contributed by atoms with Crippen LogP contribution in [0.25, 0.3) is 11.1 Å². The fourth-order valence-electron chi connectivity index (χ4n) is 4.20. The molecule has 2 N–H and O–H groups in total. The van der Waals surface area contributed by atoms with Crippen molar-refractivity contribution >= 4 is 11.9 Å². The average Bonchev–Trinajstić information content (AvgIpc) is 2.87. The number of methoxy groups -OCH3 is 1. The first-order valence-electron chi connectivity index (χ1n) is 12.3. The number of esters is 1. The zero-order chi connectivity index (χ0) is 28.0. The molecule has 0 amide bonds. The van der Waals surface area contributed by atoms with Gasteiger partial charge in [0.2, 0.25) is 5.88 Å². The number of ether oxygens (including phenoxy) is 2. The van der Waals surface area contributed by atoms with Gasteiger partial charge in [-0.3, -0.25) is 9.69 Å². The van der Waals surface area contributed by atoms with Crippen molar-refractivity contribution in [1.29, 1.82) is 0 Å². The Morgan fingerprint density at radius 2 is 1.87 bits per heavy atom. The molecule has 0 aliphatic rings. The second-order valence-electron chi connectivity index (χ2n) is 9.26. The fourth-order valence-corrected chi connectivity index (χ4v) is 4.20. The molecule has 3 aromatic rings. The van der Waals surface area contributed by atoms with Crippen molar-refractivity contribution in [3.05, 3.63) is 76.7 Å². The Morgan fingerprint density at radius 3 is 2.50 bits per heavy atom. The summed E-state index contributed by atoms with van der Waals surface area (Å²) in [4.78, 5) is 30.3. The number of carbonyl (C=O) groups excluding carboxylic acids is 1. The van der Waals surface area contributed by atoms with E-state index in [1.54, 1.807) is 37.3 Å². The van der Waals surface area contributed by atoms with E-state index in [0.717, 1.165) is 18.3 Å². The van der Waals surface area contributed by atoms with Crippen LogP contribution >= 0.6 is 0 Å². The van der Waals surface area contributed by atoms with Gasteiger partial charge in [0.05, 0.1) is 31.4 Å². The van der Waals surface area contributed by atoms with Crippen LogP contribution in [0.3, 0.4) is 0 Å². The predicted molar refractivity (Wildman–Crippen MR) is 141 cm³/mol. The lowest BCUT2D eigenvalue weighted by Gasteiger charge is -2.26. The van der Waals surface area contributed by atoms with Crippen LogP contribution in [0.1, 0.15) is 60.3 Å². The van der Waals surface area contributed by atoms with Gasteiger partial charge in [-0.1, -0.05) is 25.1 Å². The number of carboxylic acid groups (broad SMARTS) is 1. The number of rotatable bonds is 11. The van der Waals surface area contributed by atoms with Crippen molar-refractivity contribution in [2.24, 2.45) is 0 Å². The van der Waals surface area contributed by atoms with E-state index in [2.05, 4.69) is 23.7 Å². The number of aryl methyl sites for hydroxylation is 1. The number of pyridine rings is 1. The van der Waals surface area contributed by atoms with Crippen molar-refractivity contribution in [3.8, 4) is 22.8 Å². The number of aliphatic carboxylic acids is 1. The molecule has 1 atom stereocenters. The number of carbonyl (C=O) groups is 2. The van der Waals surface area contributed by atoms with E-state index >= 15 is 0 Å². The molecule has 3 rings (SSSR count). The largest absolute Gasteiger partial charge is 0.481 e. The molecular formula is C29H33FN2O6. The number of benzene rings is 2. The maximum absolute atomic E-state index is 14.9. The third-order valence-corrected chi connectivity index (χ3v) is 6.33. The number of aromatic nitrogens is 1. The normalized spacial score (nSPS) is 12.0. The molecule has 0 fully saturated rings. The Hall–Kier alpha value is -3.82. The second-order valence-corrected chi connectivity index (χ2v) is 9.26. The van der Waals surface area contributed by atoms with Crippen molar-refractivity contribution in [2.45, 2.75) is 52.8 Å². The van der Waals surface area contributed by atoms with Gasteiger partial charge in [0.25, 0.3) is 0 Å². The molecule has 0 bridgehead atoms. The summed E-state index contributed by atoms with van der Waals surface area (Å²) in [5.74, 6) is -1.83. The molecular weight excluding hydrogens is 491 g/mol. The zero-order valence-corrected chi connectivity index (χ0v) is 22.2. The lowest BCUT2D eigenvalue weighted by atomic mass is 9.93. The Morgan fingerprint density at radius 1 is 1.13 bits per heavy atom. The van der Waals surface area contributed by atoms with Gasteiger partial charge >= 0.3 is 11.9 Å². The van der Waals surface area contributed by atoms with Crippen LogP contribution in [0.2, 0.25) is 0 Å². The molecule has 8 nitrogen and oxygen atoms in total. The maximum Gasteiger partial charge on any atom is 0.343 e. The number of halogens is 1. The third-order valence-electron chi connectivity index (χ3n) is 6.33. The topological polar surface area (TPSA) is 109 Å². The Labute approximate surface area is 221 Å². The molecule has 202 valence electrons. The van der Waals surface area contributed by atoms with Crippen LogP contribution in [0.4, 0.5) is 4.39 Å². The molecule has 0 saturated heterocycles. The number of aliphatic hydroxyl groups is 1. The summed E-state index contributed by atoms with van der Waals surface area (Å²) < 4.78 is 25.7. The van der Waals surface area contributed by atoms with E-state index in [-0.39, 0.29) is 17.7 Å². The highest BCUT2D eigenvalue weighted by atomic mass is 19.1. The minimum absolute atomic E-state index is 0.171. The highest BCUT2D eigenvalue weighted by molar-refractivity contribution is 5.94. The van der Waals surface area contributed by atoms with Gasteiger partial charge < -0.3 is 19.7 Å². The zero-order valence-electron chi connectivity index (χ0n) is 22.2. The summed E-state index contributed by atoms with van der Waals surface area (Å²) in [7, 11) is 1.46. The van der Waals surface area contributed by atoms with Gasteiger partial charge in [-0.25, -0.2) is 14.2 Å². The van der Waals surface area contributed by atoms with E-state index in [1.807, 2.05) is 6.92 Å². The summed E-state index contributed by atoms with van der Waals surface area (Å²) in [5, 5.41) is 19.1. The van der Waals surface area contributed by atoms with Crippen molar-refractivity contribution in [1.82, 2.24) is 9.88 Å². The van der Waals surface area contributed by atoms with E-state index in [0.29, 0.717) is 34.4 Å². The average molecular weight is 525 g/mol. The quantitative estimate of drug-likeness (QED) is 0.261. The molecule has 0 aliphatic heterocycles. The second kappa shape index (κ2) is 12.6. The summed E-state index contributed by atoms with van der Waals surface area (Å²) in [5.41, 5.74) is 2.88. The maximum atomic E-state index is 14.9. The van der Waals surface area contributed by atoms with Crippen molar-refractivity contribution in [3.63, 3.8) is 0 Å². The van der Waals surface area contributed by atoms with Gasteiger partial charge in [-0.05, 0) is 67.8 Å². The first-order valence-corrected chi connectivity index (χ1v) is 12.3. The standard InChI is InChI=1S/C29H33FN2O6/c1-6-32(17(2)3)16-20-12-22(18(4)10-23(20)24-13-27(37-5)31-15-25(24)30)29(36)38-21-9-7-8-19(11-21)26(33)14-28(34)35/h7-13,15,17,26,33H,6,14,16H2,1-5H3,(H,34,35)/t26-/m1/s1. The smallest absolute Gasteiger partial charge is 0.343 e. The number of aliphatic hydroxyl groups excluding tert-OH is 1. The van der Waals surface area contributed by atoms with Gasteiger partial charge in [0, 0.05) is 24.2 Å². The SMILES string of the molecule is CCN(Cc1cc(C(=O)Oc2cccc([C@H](O)CC(=O)O)c2)c(C)cc1-c1cc(OC)ncc1F)C(C)C. The highest BCUT2D eigenvalue weighted by Crippen LogP contribution is 2.33. The van der Waals surface area contributed by atoms with Crippen LogP contribution in [0, 0.1) is 12.7 Å². The fraction of sp³-hybridized carbons (Fsp3) is 0.345. The number of hydrogen-bond acceptors (Lipinski definition) is 7. The first-order chi connectivity index (χ1) is 18.0. The summed E-state index contributed by atoms with van der Waals surface area (Å²) in [6.07, 6.45) is -0.593. The Balaban J connectivity index is 2.03. The molecule has 38 heavy (non-hydrogen) atoms. The minimum atomic E-state index is -1.23. The van der Waals surface area contributed by atoms with Gasteiger partial charge in [-0.15, -0.1) is 0 Å². The van der Waals surface area contributed by atoms with Gasteiger partial charge in [0.1, 0.15) is 11.6 Å². The summed E-state index contributed by atoms with van der Waals surface area (Å²) >= 11 is 0. The third kappa shape index (κ3) is 6.93. The number of hydrogen-bond donors (Lipinski definition) is 2. The molecule has 0 saturated carbocycles. The minimum Gasteiger partial charge on any atom is -0.481 e. The molecule has 2 aromatic carbocycles. The van der Waals surface area contributed by atoms with E-state index in [1.165, 1.54) is 19.2 Å². The Bertz CT molecular complexity index is 1310. The van der Waals surface area contributed by atoms with Crippen LogP contribution in [0.15, 0.2) is 48.7 Å². The Kier molecular flexibility index (Phi) is 9.55.